The first kappa shape index (κ1) is 10.0. The van der Waals surface area contributed by atoms with Gasteiger partial charge in [-0.1, -0.05) is 5.16 Å². The Hall–Kier alpha value is -1.04. The summed E-state index contributed by atoms with van der Waals surface area (Å²) in [6, 6.07) is 0. The quantitative estimate of drug-likeness (QED) is 0.671. The predicted molar refractivity (Wildman–Crippen MR) is 49.6 cm³/mol. The van der Waals surface area contributed by atoms with Crippen LogP contribution in [0.3, 0.4) is 0 Å². The molecule has 0 fully saturated rings. The Morgan fingerprint density at radius 3 is 3.00 bits per heavy atom. The van der Waals surface area contributed by atoms with E-state index < -0.39 is 0 Å². The fourth-order valence-electron chi connectivity index (χ4n) is 0.812. The largest absolute Gasteiger partial charge is 0.355 e. The maximum absolute atomic E-state index is 10.8. The smallest absolute Gasteiger partial charge is 0.229 e. The maximum Gasteiger partial charge on any atom is 0.229 e. The van der Waals surface area contributed by atoms with Gasteiger partial charge in [0.1, 0.15) is 0 Å². The zero-order valence-electron chi connectivity index (χ0n) is 7.28. The third-order valence-corrected chi connectivity index (χ3v) is 1.67. The molecule has 0 unspecified atom stereocenters. The summed E-state index contributed by atoms with van der Waals surface area (Å²) < 4.78 is 4.76. The molecule has 0 saturated heterocycles. The summed E-state index contributed by atoms with van der Waals surface area (Å²) in [5.41, 5.74) is 0. The van der Waals surface area contributed by atoms with E-state index in [1.54, 1.807) is 6.92 Å². The van der Waals surface area contributed by atoms with E-state index in [0.29, 0.717) is 24.7 Å². The number of hydrogen-bond donors (Lipinski definition) is 2. The highest BCUT2D eigenvalue weighted by Gasteiger charge is 2.02. The minimum Gasteiger partial charge on any atom is -0.355 e. The molecule has 13 heavy (non-hydrogen) atoms. The Balaban J connectivity index is 2.24. The van der Waals surface area contributed by atoms with Gasteiger partial charge in [0.05, 0.1) is 5.75 Å². The molecule has 0 aliphatic rings. The van der Waals surface area contributed by atoms with E-state index in [2.05, 4.69) is 28.1 Å². The molecular formula is C7H11N3O2S. The van der Waals surface area contributed by atoms with Gasteiger partial charge in [0.25, 0.3) is 0 Å². The number of nitrogens with one attached hydrogen (secondary N) is 1. The molecule has 0 saturated carbocycles. The fourth-order valence-corrected chi connectivity index (χ4v) is 0.924. The van der Waals surface area contributed by atoms with E-state index in [9.17, 15) is 4.79 Å². The van der Waals surface area contributed by atoms with Crippen LogP contribution in [0.5, 0.6) is 0 Å². The first-order valence-electron chi connectivity index (χ1n) is 3.89. The summed E-state index contributed by atoms with van der Waals surface area (Å²) in [5.74, 6) is 1.25. The van der Waals surface area contributed by atoms with E-state index in [1.165, 1.54) is 0 Å². The molecule has 6 heteroatoms. The number of aryl methyl sites for hydroxylation is 1. The summed E-state index contributed by atoms with van der Waals surface area (Å²) in [6.45, 7) is 2.24. The highest BCUT2D eigenvalue weighted by molar-refractivity contribution is 7.81. The summed E-state index contributed by atoms with van der Waals surface area (Å²) in [7, 11) is 0. The van der Waals surface area contributed by atoms with Crippen molar-refractivity contribution in [2.75, 3.05) is 12.3 Å². The molecule has 1 aromatic heterocycles. The van der Waals surface area contributed by atoms with Crippen molar-refractivity contribution in [1.29, 1.82) is 0 Å². The Bertz CT molecular complexity index is 287. The number of aromatic nitrogens is 2. The van der Waals surface area contributed by atoms with Crippen molar-refractivity contribution >= 4 is 18.5 Å². The molecule has 0 aliphatic heterocycles. The molecule has 1 aromatic rings. The van der Waals surface area contributed by atoms with Crippen molar-refractivity contribution < 1.29 is 9.32 Å². The minimum atomic E-state index is -0.0939. The summed E-state index contributed by atoms with van der Waals surface area (Å²) >= 11 is 3.82. The van der Waals surface area contributed by atoms with Gasteiger partial charge in [0.2, 0.25) is 11.8 Å². The topological polar surface area (TPSA) is 68.0 Å². The molecule has 0 spiro atoms. The first-order valence-corrected chi connectivity index (χ1v) is 4.52. The monoisotopic (exact) mass is 201 g/mol. The van der Waals surface area contributed by atoms with Crippen molar-refractivity contribution in [3.05, 3.63) is 11.7 Å². The molecule has 1 rings (SSSR count). The normalized spacial score (nSPS) is 10.0. The van der Waals surface area contributed by atoms with Gasteiger partial charge in [-0.3, -0.25) is 4.79 Å². The van der Waals surface area contributed by atoms with Gasteiger partial charge in [-0.25, -0.2) is 0 Å². The van der Waals surface area contributed by atoms with Gasteiger partial charge in [0.15, 0.2) is 5.82 Å². The minimum absolute atomic E-state index is 0.0939. The maximum atomic E-state index is 10.8. The van der Waals surface area contributed by atoms with Crippen LogP contribution in [0.25, 0.3) is 0 Å². The number of thiol groups is 1. The van der Waals surface area contributed by atoms with E-state index in [4.69, 9.17) is 4.52 Å². The predicted octanol–water partition coefficient (Wildman–Crippen LogP) is -0.0335. The number of hydrogen-bond acceptors (Lipinski definition) is 5. The van der Waals surface area contributed by atoms with E-state index in [1.807, 2.05) is 0 Å². The summed E-state index contributed by atoms with van der Waals surface area (Å²) in [6.07, 6.45) is 0.580. The van der Waals surface area contributed by atoms with Gasteiger partial charge in [-0.2, -0.15) is 17.6 Å². The van der Waals surface area contributed by atoms with Crippen LogP contribution < -0.4 is 5.32 Å². The van der Waals surface area contributed by atoms with Crippen LogP contribution in [-0.2, 0) is 11.2 Å². The summed E-state index contributed by atoms with van der Waals surface area (Å²) in [5, 5.41) is 6.34. The lowest BCUT2D eigenvalue weighted by Gasteiger charge is -1.98. The van der Waals surface area contributed by atoms with Crippen molar-refractivity contribution in [3.8, 4) is 0 Å². The van der Waals surface area contributed by atoms with Crippen molar-refractivity contribution in [1.82, 2.24) is 15.5 Å². The highest BCUT2D eigenvalue weighted by atomic mass is 32.1. The molecule has 1 N–H and O–H groups in total. The highest BCUT2D eigenvalue weighted by Crippen LogP contribution is 1.94. The second-order valence-corrected chi connectivity index (χ2v) is 2.80. The molecule has 0 atom stereocenters. The van der Waals surface area contributed by atoms with Crippen molar-refractivity contribution in [3.63, 3.8) is 0 Å². The van der Waals surface area contributed by atoms with Gasteiger partial charge in [0, 0.05) is 19.9 Å². The lowest BCUT2D eigenvalue weighted by Crippen LogP contribution is -2.26. The van der Waals surface area contributed by atoms with Gasteiger partial charge in [-0.15, -0.1) is 0 Å². The molecule has 72 valence electrons. The van der Waals surface area contributed by atoms with E-state index >= 15 is 0 Å². The lowest BCUT2D eigenvalue weighted by atomic mass is 10.4. The summed E-state index contributed by atoms with van der Waals surface area (Å²) in [4.78, 5) is 14.7. The van der Waals surface area contributed by atoms with Gasteiger partial charge >= 0.3 is 0 Å². The van der Waals surface area contributed by atoms with Crippen LogP contribution >= 0.6 is 12.6 Å². The molecule has 0 aromatic carbocycles. The Morgan fingerprint density at radius 1 is 1.69 bits per heavy atom. The molecule has 5 nitrogen and oxygen atoms in total. The number of nitrogens with zero attached hydrogens (tertiary/aromatic N) is 2. The molecule has 1 amide bonds. The Morgan fingerprint density at radius 2 is 2.46 bits per heavy atom. The SMILES string of the molecule is Cc1nc(CCNC(=O)CS)no1. The van der Waals surface area contributed by atoms with Gasteiger partial charge in [-0.05, 0) is 0 Å². The number of carbonyl (C=O) groups excluding carboxylic acids is 1. The lowest BCUT2D eigenvalue weighted by molar-refractivity contribution is -0.118. The third-order valence-electron chi connectivity index (χ3n) is 1.38. The van der Waals surface area contributed by atoms with Crippen LogP contribution in [0.2, 0.25) is 0 Å². The third kappa shape index (κ3) is 3.45. The number of amides is 1. The first-order chi connectivity index (χ1) is 6.22. The zero-order chi connectivity index (χ0) is 9.68. The molecule has 0 radical (unpaired) electrons. The van der Waals surface area contributed by atoms with Crippen molar-refractivity contribution in [2.24, 2.45) is 0 Å². The number of carbonyl (C=O) groups is 1. The van der Waals surface area contributed by atoms with Crippen LogP contribution in [-0.4, -0.2) is 28.3 Å². The Labute approximate surface area is 81.3 Å². The molecule has 1 heterocycles. The molecule has 0 aliphatic carbocycles. The Kier molecular flexibility index (Phi) is 3.75. The average Bonchev–Trinajstić information content (AvgIpc) is 2.51. The molecule has 0 bridgehead atoms. The second-order valence-electron chi connectivity index (χ2n) is 2.49. The fraction of sp³-hybridized carbons (Fsp3) is 0.571. The van der Waals surface area contributed by atoms with Crippen molar-refractivity contribution in [2.45, 2.75) is 13.3 Å². The van der Waals surface area contributed by atoms with Crippen LogP contribution in [0.1, 0.15) is 11.7 Å². The van der Waals surface area contributed by atoms with Crippen LogP contribution in [0.15, 0.2) is 4.52 Å². The van der Waals surface area contributed by atoms with Gasteiger partial charge < -0.3 is 9.84 Å². The molecular weight excluding hydrogens is 190 g/mol. The van der Waals surface area contributed by atoms with E-state index in [0.717, 1.165) is 0 Å². The standard InChI is InChI=1S/C7H11N3O2S/c1-5-9-6(10-12-5)2-3-8-7(11)4-13/h13H,2-4H2,1H3,(H,8,11). The average molecular weight is 201 g/mol. The number of rotatable bonds is 4. The van der Waals surface area contributed by atoms with Crippen LogP contribution in [0.4, 0.5) is 0 Å². The van der Waals surface area contributed by atoms with E-state index in [-0.39, 0.29) is 11.7 Å². The second kappa shape index (κ2) is 4.86. The van der Waals surface area contributed by atoms with Crippen LogP contribution in [0, 0.1) is 6.92 Å². The zero-order valence-corrected chi connectivity index (χ0v) is 8.17.